The Kier molecular flexibility index (Phi) is 7.03. The molecule has 7 heteroatoms. The van der Waals surface area contributed by atoms with Crippen LogP contribution in [-0.4, -0.2) is 30.0 Å². The molecule has 1 aromatic rings. The number of hydrogen-bond acceptors (Lipinski definition) is 3. The molecular formula is C16H24F2N4O. The number of ether oxygens (including phenoxy) is 1. The predicted molar refractivity (Wildman–Crippen MR) is 85.7 cm³/mol. The van der Waals surface area contributed by atoms with Crippen LogP contribution >= 0.6 is 0 Å². The summed E-state index contributed by atoms with van der Waals surface area (Å²) in [7, 11) is 0. The number of hydrogen-bond donors (Lipinski definition) is 2. The van der Waals surface area contributed by atoms with Gasteiger partial charge in [0.2, 0.25) is 5.88 Å². The van der Waals surface area contributed by atoms with Crippen molar-refractivity contribution in [3.05, 3.63) is 23.9 Å². The molecule has 128 valence electrons. The van der Waals surface area contributed by atoms with Gasteiger partial charge >= 0.3 is 0 Å². The Morgan fingerprint density at radius 1 is 1.35 bits per heavy atom. The SMILES string of the molecule is NC(=NCc1ccnc(OCC(F)F)c1)NC1CCCCCC1. The molecular weight excluding hydrogens is 302 g/mol. The minimum Gasteiger partial charge on any atom is -0.472 e. The fourth-order valence-electron chi connectivity index (χ4n) is 2.63. The standard InChI is InChI=1S/C16H24F2N4O/c17-14(18)11-23-15-9-12(7-8-20-15)10-21-16(19)22-13-5-3-1-2-4-6-13/h7-9,13-14H,1-6,10-11H2,(H3,19,21,22). The number of rotatable bonds is 6. The van der Waals surface area contributed by atoms with Gasteiger partial charge < -0.3 is 15.8 Å². The van der Waals surface area contributed by atoms with E-state index in [0.29, 0.717) is 18.5 Å². The lowest BCUT2D eigenvalue weighted by Crippen LogP contribution is -2.39. The van der Waals surface area contributed by atoms with E-state index in [1.54, 1.807) is 12.1 Å². The van der Waals surface area contributed by atoms with Gasteiger partial charge in [0.05, 0.1) is 6.54 Å². The summed E-state index contributed by atoms with van der Waals surface area (Å²) in [6, 6.07) is 3.76. The van der Waals surface area contributed by atoms with E-state index in [9.17, 15) is 8.78 Å². The smallest absolute Gasteiger partial charge is 0.272 e. The third-order valence-corrected chi connectivity index (χ3v) is 3.80. The van der Waals surface area contributed by atoms with E-state index in [-0.39, 0.29) is 5.88 Å². The second-order valence-electron chi connectivity index (χ2n) is 5.74. The first kappa shape index (κ1) is 17.4. The van der Waals surface area contributed by atoms with E-state index in [4.69, 9.17) is 10.5 Å². The Labute approximate surface area is 135 Å². The summed E-state index contributed by atoms with van der Waals surface area (Å²) in [4.78, 5) is 8.20. The molecule has 1 fully saturated rings. The fraction of sp³-hybridized carbons (Fsp3) is 0.625. The van der Waals surface area contributed by atoms with Crippen molar-refractivity contribution in [2.24, 2.45) is 10.7 Å². The maximum atomic E-state index is 12.1. The van der Waals surface area contributed by atoms with Gasteiger partial charge in [-0.05, 0) is 24.5 Å². The molecule has 0 aliphatic heterocycles. The molecule has 1 heterocycles. The topological polar surface area (TPSA) is 72.5 Å². The lowest BCUT2D eigenvalue weighted by atomic mass is 10.1. The first-order valence-corrected chi connectivity index (χ1v) is 8.06. The Morgan fingerprint density at radius 2 is 2.09 bits per heavy atom. The van der Waals surface area contributed by atoms with Crippen LogP contribution in [0.2, 0.25) is 0 Å². The van der Waals surface area contributed by atoms with Crippen LogP contribution in [0.3, 0.4) is 0 Å². The average Bonchev–Trinajstić information content (AvgIpc) is 2.80. The van der Waals surface area contributed by atoms with Gasteiger partial charge in [-0.3, -0.25) is 0 Å². The molecule has 1 aliphatic carbocycles. The van der Waals surface area contributed by atoms with Crippen molar-refractivity contribution in [1.29, 1.82) is 0 Å². The Hall–Kier alpha value is -1.92. The maximum Gasteiger partial charge on any atom is 0.272 e. The fourth-order valence-corrected chi connectivity index (χ4v) is 2.63. The molecule has 1 saturated carbocycles. The molecule has 0 amide bonds. The van der Waals surface area contributed by atoms with Crippen LogP contribution < -0.4 is 15.8 Å². The number of halogens is 2. The summed E-state index contributed by atoms with van der Waals surface area (Å²) < 4.78 is 29.1. The van der Waals surface area contributed by atoms with Gasteiger partial charge in [0.15, 0.2) is 12.6 Å². The zero-order valence-corrected chi connectivity index (χ0v) is 13.2. The zero-order valence-electron chi connectivity index (χ0n) is 13.2. The number of nitrogens with zero attached hydrogens (tertiary/aromatic N) is 2. The van der Waals surface area contributed by atoms with Crippen molar-refractivity contribution >= 4 is 5.96 Å². The minimum absolute atomic E-state index is 0.174. The molecule has 5 nitrogen and oxygen atoms in total. The second kappa shape index (κ2) is 9.27. The van der Waals surface area contributed by atoms with Crippen LogP contribution in [0, 0.1) is 0 Å². The number of alkyl halides is 2. The Morgan fingerprint density at radius 3 is 2.78 bits per heavy atom. The highest BCUT2D eigenvalue weighted by Crippen LogP contribution is 2.17. The first-order valence-electron chi connectivity index (χ1n) is 8.06. The van der Waals surface area contributed by atoms with E-state index in [1.807, 2.05) is 0 Å². The predicted octanol–water partition coefficient (Wildman–Crippen LogP) is 2.85. The van der Waals surface area contributed by atoms with Crippen LogP contribution in [0.5, 0.6) is 5.88 Å². The van der Waals surface area contributed by atoms with E-state index in [1.165, 1.54) is 31.9 Å². The summed E-state index contributed by atoms with van der Waals surface area (Å²) in [6.07, 6.45) is 6.26. The third-order valence-electron chi connectivity index (χ3n) is 3.80. The molecule has 0 atom stereocenters. The van der Waals surface area contributed by atoms with E-state index in [0.717, 1.165) is 18.4 Å². The molecule has 0 unspecified atom stereocenters. The monoisotopic (exact) mass is 326 g/mol. The first-order chi connectivity index (χ1) is 11.1. The van der Waals surface area contributed by atoms with Crippen LogP contribution in [-0.2, 0) is 6.54 Å². The van der Waals surface area contributed by atoms with Crippen molar-refractivity contribution in [3.63, 3.8) is 0 Å². The minimum atomic E-state index is -2.52. The summed E-state index contributed by atoms with van der Waals surface area (Å²) >= 11 is 0. The van der Waals surface area contributed by atoms with Gasteiger partial charge in [-0.2, -0.15) is 0 Å². The zero-order chi connectivity index (χ0) is 16.5. The molecule has 1 aliphatic rings. The average molecular weight is 326 g/mol. The number of aliphatic imine (C=N–C) groups is 1. The van der Waals surface area contributed by atoms with Gasteiger partial charge in [-0.1, -0.05) is 25.7 Å². The molecule has 0 bridgehead atoms. The van der Waals surface area contributed by atoms with E-state index in [2.05, 4.69) is 15.3 Å². The quantitative estimate of drug-likeness (QED) is 0.479. The Balaban J connectivity index is 1.84. The summed E-state index contributed by atoms with van der Waals surface area (Å²) in [5, 5.41) is 3.27. The molecule has 0 aromatic carbocycles. The number of nitrogens with one attached hydrogen (secondary N) is 1. The highest BCUT2D eigenvalue weighted by Gasteiger charge is 2.12. The summed E-state index contributed by atoms with van der Waals surface area (Å²) in [5.74, 6) is 0.594. The Bertz CT molecular complexity index is 503. The van der Waals surface area contributed by atoms with Gasteiger partial charge in [0.25, 0.3) is 6.43 Å². The molecule has 1 aromatic heterocycles. The number of guanidine groups is 1. The van der Waals surface area contributed by atoms with Gasteiger partial charge in [0.1, 0.15) is 0 Å². The highest BCUT2D eigenvalue weighted by molar-refractivity contribution is 5.78. The third kappa shape index (κ3) is 6.80. The maximum absolute atomic E-state index is 12.1. The van der Waals surface area contributed by atoms with Gasteiger partial charge in [-0.25, -0.2) is 18.8 Å². The second-order valence-corrected chi connectivity index (χ2v) is 5.74. The van der Waals surface area contributed by atoms with Crippen molar-refractivity contribution < 1.29 is 13.5 Å². The van der Waals surface area contributed by atoms with Crippen molar-refractivity contribution in [2.45, 2.75) is 57.5 Å². The molecule has 0 spiro atoms. The molecule has 2 rings (SSSR count). The van der Waals surface area contributed by atoms with Crippen LogP contribution in [0.4, 0.5) is 8.78 Å². The van der Waals surface area contributed by atoms with E-state index >= 15 is 0 Å². The molecule has 0 radical (unpaired) electrons. The number of aromatic nitrogens is 1. The van der Waals surface area contributed by atoms with Crippen LogP contribution in [0.1, 0.15) is 44.1 Å². The molecule has 0 saturated heterocycles. The lowest BCUT2D eigenvalue weighted by molar-refractivity contribution is 0.0795. The molecule has 3 N–H and O–H groups in total. The summed E-state index contributed by atoms with van der Waals surface area (Å²) in [6.45, 7) is -0.301. The lowest BCUT2D eigenvalue weighted by Gasteiger charge is -2.16. The van der Waals surface area contributed by atoms with Crippen LogP contribution in [0.25, 0.3) is 0 Å². The number of pyridine rings is 1. The highest BCUT2D eigenvalue weighted by atomic mass is 19.3. The normalized spacial score (nSPS) is 17.1. The number of nitrogens with two attached hydrogens (primary N) is 1. The van der Waals surface area contributed by atoms with Crippen molar-refractivity contribution in [1.82, 2.24) is 10.3 Å². The van der Waals surface area contributed by atoms with Crippen molar-refractivity contribution in [3.8, 4) is 5.88 Å². The van der Waals surface area contributed by atoms with Crippen molar-refractivity contribution in [2.75, 3.05) is 6.61 Å². The largest absolute Gasteiger partial charge is 0.472 e. The summed E-state index contributed by atoms with van der Waals surface area (Å²) in [5.41, 5.74) is 6.75. The van der Waals surface area contributed by atoms with Gasteiger partial charge in [0, 0.05) is 18.3 Å². The van der Waals surface area contributed by atoms with Crippen LogP contribution in [0.15, 0.2) is 23.3 Å². The molecule has 23 heavy (non-hydrogen) atoms. The van der Waals surface area contributed by atoms with E-state index < -0.39 is 13.0 Å². The van der Waals surface area contributed by atoms with Gasteiger partial charge in [-0.15, -0.1) is 0 Å².